The van der Waals surface area contributed by atoms with E-state index in [-0.39, 0.29) is 10.7 Å². The van der Waals surface area contributed by atoms with Gasteiger partial charge in [0.15, 0.2) is 0 Å². The molecule has 0 aliphatic carbocycles. The summed E-state index contributed by atoms with van der Waals surface area (Å²) >= 11 is 1.77. The molecule has 24 heavy (non-hydrogen) atoms. The van der Waals surface area contributed by atoms with E-state index in [0.29, 0.717) is 6.42 Å². The van der Waals surface area contributed by atoms with Gasteiger partial charge in [-0.25, -0.2) is 5.48 Å². The minimum atomic E-state index is -0.392. The number of benzene rings is 1. The van der Waals surface area contributed by atoms with Gasteiger partial charge >= 0.3 is 0 Å². The molecule has 2 N–H and O–H groups in total. The minimum absolute atomic E-state index is 0.0674. The number of nitrogens with one attached hydrogen (secondary N) is 2. The molecule has 0 radical (unpaired) electrons. The van der Waals surface area contributed by atoms with Gasteiger partial charge in [-0.2, -0.15) is 0 Å². The maximum Gasteiger partial charge on any atom is 0.244 e. The highest BCUT2D eigenvalue weighted by Crippen LogP contribution is 2.43. The zero-order chi connectivity index (χ0) is 17.6. The van der Waals surface area contributed by atoms with E-state index in [1.165, 1.54) is 0 Å². The van der Waals surface area contributed by atoms with Crippen molar-refractivity contribution < 1.29 is 14.4 Å². The first kappa shape index (κ1) is 19.1. The van der Waals surface area contributed by atoms with Crippen molar-refractivity contribution in [3.05, 3.63) is 24.3 Å². The molecule has 2 rings (SSSR count). The summed E-state index contributed by atoms with van der Waals surface area (Å²) in [6.07, 6.45) is 2.32. The number of methoxy groups -OCH3 is 1. The number of hydroxylamine groups is 1. The van der Waals surface area contributed by atoms with E-state index in [2.05, 4.69) is 16.9 Å². The zero-order valence-corrected chi connectivity index (χ0v) is 15.8. The third-order valence-electron chi connectivity index (χ3n) is 3.84. The van der Waals surface area contributed by atoms with Crippen molar-refractivity contribution in [1.82, 2.24) is 10.8 Å². The number of carbonyl (C=O) groups excluding carboxylic acids is 1. The quantitative estimate of drug-likeness (QED) is 0.770. The van der Waals surface area contributed by atoms with Crippen LogP contribution in [0, 0.1) is 0 Å². The van der Waals surface area contributed by atoms with Crippen LogP contribution < -0.4 is 15.5 Å². The smallest absolute Gasteiger partial charge is 0.244 e. The molecule has 1 heterocycles. The Hall–Kier alpha value is -1.24. The van der Waals surface area contributed by atoms with Crippen molar-refractivity contribution >= 4 is 17.7 Å². The monoisotopic (exact) mass is 352 g/mol. The lowest BCUT2D eigenvalue weighted by molar-refractivity contribution is -0.146. The number of ether oxygens (including phenoxy) is 1. The average molecular weight is 353 g/mol. The van der Waals surface area contributed by atoms with Crippen molar-refractivity contribution in [3.8, 4) is 5.75 Å². The predicted octanol–water partition coefficient (Wildman–Crippen LogP) is 3.15. The van der Waals surface area contributed by atoms with Crippen LogP contribution in [0.1, 0.15) is 40.0 Å². The summed E-state index contributed by atoms with van der Waals surface area (Å²) in [7, 11) is 1.67. The first-order valence-corrected chi connectivity index (χ1v) is 9.14. The molecule has 1 aromatic carbocycles. The first-order chi connectivity index (χ1) is 11.3. The number of piperidine rings is 1. The van der Waals surface area contributed by atoms with Gasteiger partial charge in [-0.05, 0) is 64.9 Å². The van der Waals surface area contributed by atoms with Gasteiger partial charge in [0.25, 0.3) is 0 Å². The molecule has 1 saturated heterocycles. The van der Waals surface area contributed by atoms with E-state index >= 15 is 0 Å². The van der Waals surface area contributed by atoms with Crippen LogP contribution in [0.2, 0.25) is 0 Å². The van der Waals surface area contributed by atoms with Crippen LogP contribution >= 0.6 is 11.8 Å². The molecule has 1 aliphatic rings. The second-order valence-electron chi connectivity index (χ2n) is 7.13. The third-order valence-corrected chi connectivity index (χ3v) is 5.32. The molecule has 1 aromatic rings. The van der Waals surface area contributed by atoms with E-state index < -0.39 is 5.60 Å². The van der Waals surface area contributed by atoms with Gasteiger partial charge in [0.1, 0.15) is 5.75 Å². The van der Waals surface area contributed by atoms with E-state index in [4.69, 9.17) is 9.57 Å². The SMILES string of the molecule is COc1cccc(SC2(CC(=O)NOC(C)(C)C)CCNCC2)c1. The van der Waals surface area contributed by atoms with Crippen molar-refractivity contribution in [2.75, 3.05) is 20.2 Å². The Morgan fingerprint density at radius 2 is 2.04 bits per heavy atom. The molecule has 134 valence electrons. The Kier molecular flexibility index (Phi) is 6.54. The molecule has 1 aliphatic heterocycles. The molecule has 1 amide bonds. The highest BCUT2D eigenvalue weighted by Gasteiger charge is 2.36. The van der Waals surface area contributed by atoms with Crippen LogP contribution in [0.15, 0.2) is 29.2 Å². The Labute approximate surface area is 148 Å². The predicted molar refractivity (Wildman–Crippen MR) is 97.3 cm³/mol. The van der Waals surface area contributed by atoms with E-state index in [9.17, 15) is 4.79 Å². The summed E-state index contributed by atoms with van der Waals surface area (Å²) in [4.78, 5) is 18.9. The van der Waals surface area contributed by atoms with Crippen molar-refractivity contribution in [3.63, 3.8) is 0 Å². The molecule has 0 spiro atoms. The fourth-order valence-corrected chi connectivity index (χ4v) is 4.08. The summed E-state index contributed by atoms with van der Waals surface area (Å²) in [6.45, 7) is 7.59. The standard InChI is InChI=1S/C18H28N2O3S/c1-17(2,3)23-20-16(21)13-18(8-10-19-11-9-18)24-15-7-5-6-14(12-15)22-4/h5-7,12,19H,8-11,13H2,1-4H3,(H,20,21). The Bertz CT molecular complexity index is 551. The van der Waals surface area contributed by atoms with Gasteiger partial charge < -0.3 is 10.1 Å². The van der Waals surface area contributed by atoms with E-state index in [1.54, 1.807) is 18.9 Å². The summed E-state index contributed by atoms with van der Waals surface area (Å²) < 4.78 is 5.19. The molecule has 1 fully saturated rings. The van der Waals surface area contributed by atoms with Crippen LogP contribution in [0.3, 0.4) is 0 Å². The molecule has 0 saturated carbocycles. The molecule has 0 aromatic heterocycles. The fraction of sp³-hybridized carbons (Fsp3) is 0.611. The summed E-state index contributed by atoms with van der Waals surface area (Å²) in [5, 5.41) is 3.38. The summed E-state index contributed by atoms with van der Waals surface area (Å²) in [5.74, 6) is 0.770. The molecule has 0 unspecified atom stereocenters. The number of rotatable bonds is 6. The third kappa shape index (κ3) is 6.00. The lowest BCUT2D eigenvalue weighted by Gasteiger charge is -2.37. The summed E-state index contributed by atoms with van der Waals surface area (Å²) in [5.41, 5.74) is 2.21. The molecule has 0 bridgehead atoms. The van der Waals surface area contributed by atoms with Gasteiger partial charge in [-0.1, -0.05) is 6.07 Å². The van der Waals surface area contributed by atoms with Crippen molar-refractivity contribution in [2.24, 2.45) is 0 Å². The average Bonchev–Trinajstić information content (AvgIpc) is 2.53. The van der Waals surface area contributed by atoms with Crippen LogP contribution in [-0.4, -0.2) is 36.5 Å². The number of amides is 1. The number of carbonyl (C=O) groups is 1. The van der Waals surface area contributed by atoms with Crippen molar-refractivity contribution in [2.45, 2.75) is 55.3 Å². The summed E-state index contributed by atoms with van der Waals surface area (Å²) in [6, 6.07) is 8.01. The van der Waals surface area contributed by atoms with E-state index in [0.717, 1.165) is 36.6 Å². The maximum atomic E-state index is 12.4. The largest absolute Gasteiger partial charge is 0.497 e. The number of thioether (sulfide) groups is 1. The molecule has 0 atom stereocenters. The van der Waals surface area contributed by atoms with Gasteiger partial charge in [-0.15, -0.1) is 11.8 Å². The fourth-order valence-electron chi connectivity index (χ4n) is 2.65. The van der Waals surface area contributed by atoms with Crippen LogP contribution in [-0.2, 0) is 9.63 Å². The molecule has 6 heteroatoms. The molecule has 5 nitrogen and oxygen atoms in total. The van der Waals surface area contributed by atoms with Gasteiger partial charge in [0.2, 0.25) is 5.91 Å². The van der Waals surface area contributed by atoms with Gasteiger partial charge in [-0.3, -0.25) is 9.63 Å². The topological polar surface area (TPSA) is 59.6 Å². The Morgan fingerprint density at radius 3 is 2.67 bits per heavy atom. The highest BCUT2D eigenvalue weighted by molar-refractivity contribution is 8.00. The van der Waals surface area contributed by atoms with Crippen molar-refractivity contribution in [1.29, 1.82) is 0 Å². The maximum absolute atomic E-state index is 12.4. The lowest BCUT2D eigenvalue weighted by atomic mass is 9.93. The lowest BCUT2D eigenvalue weighted by Crippen LogP contribution is -2.44. The second kappa shape index (κ2) is 8.23. The normalized spacial score (nSPS) is 17.3. The second-order valence-corrected chi connectivity index (χ2v) is 8.67. The van der Waals surface area contributed by atoms with Crippen LogP contribution in [0.5, 0.6) is 5.75 Å². The highest BCUT2D eigenvalue weighted by atomic mass is 32.2. The zero-order valence-electron chi connectivity index (χ0n) is 15.0. The van der Waals surface area contributed by atoms with Crippen LogP contribution in [0.25, 0.3) is 0 Å². The number of hydrogen-bond donors (Lipinski definition) is 2. The molecular formula is C18H28N2O3S. The Balaban J connectivity index is 2.06. The van der Waals surface area contributed by atoms with E-state index in [1.807, 2.05) is 39.0 Å². The minimum Gasteiger partial charge on any atom is -0.497 e. The van der Waals surface area contributed by atoms with Crippen LogP contribution in [0.4, 0.5) is 0 Å². The van der Waals surface area contributed by atoms with Gasteiger partial charge in [0.05, 0.1) is 12.7 Å². The number of hydrogen-bond acceptors (Lipinski definition) is 5. The first-order valence-electron chi connectivity index (χ1n) is 8.33. The Morgan fingerprint density at radius 1 is 1.33 bits per heavy atom. The van der Waals surface area contributed by atoms with Gasteiger partial charge in [0, 0.05) is 16.1 Å². The molecular weight excluding hydrogens is 324 g/mol.